The maximum Gasteiger partial charge on any atom is 0.360 e. The summed E-state index contributed by atoms with van der Waals surface area (Å²) in [7, 11) is -5.50. The maximum absolute atomic E-state index is 12.5. The van der Waals surface area contributed by atoms with Crippen LogP contribution in [0.25, 0.3) is 0 Å². The van der Waals surface area contributed by atoms with Crippen molar-refractivity contribution in [2.75, 3.05) is 19.8 Å². The van der Waals surface area contributed by atoms with E-state index >= 15 is 0 Å². The third-order valence-corrected chi connectivity index (χ3v) is 5.98. The molecular weight excluding hydrogens is 440 g/mol. The van der Waals surface area contributed by atoms with Gasteiger partial charge in [-0.15, -0.1) is 6.58 Å². The van der Waals surface area contributed by atoms with Crippen molar-refractivity contribution in [1.82, 2.24) is 0 Å². The van der Waals surface area contributed by atoms with Crippen molar-refractivity contribution in [3.05, 3.63) is 12.7 Å². The van der Waals surface area contributed by atoms with Crippen LogP contribution in [0.2, 0.25) is 0 Å². The zero-order valence-corrected chi connectivity index (χ0v) is 20.2. The average molecular weight is 481 g/mol. The molecule has 2 atom stereocenters. The Kier molecular flexibility index (Phi) is 16.3. The molecule has 0 fully saturated rings. The number of aliphatic hydroxyl groups is 1. The molecule has 0 aliphatic rings. The first-order chi connectivity index (χ1) is 15.2. The molecule has 0 saturated carbocycles. The topological polar surface area (TPSA) is 136 Å². The minimum Gasteiger partial charge on any atom is -0.464 e. The van der Waals surface area contributed by atoms with E-state index in [4.69, 9.17) is 9.47 Å². The first kappa shape index (κ1) is 30.5. The second-order valence-corrected chi connectivity index (χ2v) is 9.23. The molecule has 10 heteroatoms. The molecule has 0 amide bonds. The van der Waals surface area contributed by atoms with Crippen molar-refractivity contribution in [1.29, 1.82) is 0 Å². The highest BCUT2D eigenvalue weighted by Gasteiger charge is 2.61. The van der Waals surface area contributed by atoms with Gasteiger partial charge in [0.05, 0.1) is 19.8 Å². The Morgan fingerprint density at radius 3 is 1.91 bits per heavy atom. The monoisotopic (exact) mass is 480 g/mol. The van der Waals surface area contributed by atoms with E-state index in [1.165, 1.54) is 38.2 Å². The van der Waals surface area contributed by atoms with E-state index in [2.05, 4.69) is 18.2 Å². The SMILES string of the molecule is C=CCOC(C(=O)OCCCCCCCCCCCC)C(O)(C(=O)OCCC)S(=O)(=O)O. The van der Waals surface area contributed by atoms with Crippen LogP contribution in [0.5, 0.6) is 0 Å². The van der Waals surface area contributed by atoms with Crippen molar-refractivity contribution < 1.29 is 41.9 Å². The molecule has 0 aromatic rings. The molecule has 0 aliphatic carbocycles. The van der Waals surface area contributed by atoms with Crippen molar-refractivity contribution >= 4 is 22.1 Å². The number of rotatable bonds is 20. The fourth-order valence-electron chi connectivity index (χ4n) is 2.99. The van der Waals surface area contributed by atoms with Crippen LogP contribution in [-0.2, 0) is 33.9 Å². The van der Waals surface area contributed by atoms with Crippen molar-refractivity contribution in [3.8, 4) is 0 Å². The van der Waals surface area contributed by atoms with Crippen molar-refractivity contribution in [2.45, 2.75) is 95.5 Å². The quantitative estimate of drug-likeness (QED) is 0.116. The summed E-state index contributed by atoms with van der Waals surface area (Å²) in [6, 6.07) is 0. The normalized spacial score (nSPS) is 14.4. The fraction of sp³-hybridized carbons (Fsp3) is 0.818. The smallest absolute Gasteiger partial charge is 0.360 e. The van der Waals surface area contributed by atoms with Gasteiger partial charge >= 0.3 is 27.0 Å². The largest absolute Gasteiger partial charge is 0.464 e. The predicted molar refractivity (Wildman–Crippen MR) is 120 cm³/mol. The molecule has 0 aliphatic heterocycles. The minimum absolute atomic E-state index is 0.0468. The lowest BCUT2D eigenvalue weighted by atomic mass is 10.1. The van der Waals surface area contributed by atoms with Crippen LogP contribution in [0.15, 0.2) is 12.7 Å². The molecule has 9 nitrogen and oxygen atoms in total. The Morgan fingerprint density at radius 2 is 1.44 bits per heavy atom. The second-order valence-electron chi connectivity index (χ2n) is 7.66. The highest BCUT2D eigenvalue weighted by Crippen LogP contribution is 2.25. The Morgan fingerprint density at radius 1 is 0.906 bits per heavy atom. The molecule has 2 N–H and O–H groups in total. The highest BCUT2D eigenvalue weighted by molar-refractivity contribution is 7.88. The van der Waals surface area contributed by atoms with Gasteiger partial charge < -0.3 is 19.3 Å². The molecule has 0 aromatic heterocycles. The van der Waals surface area contributed by atoms with Gasteiger partial charge in [0.25, 0.3) is 0 Å². The van der Waals surface area contributed by atoms with Crippen molar-refractivity contribution in [2.24, 2.45) is 0 Å². The third kappa shape index (κ3) is 10.9. The van der Waals surface area contributed by atoms with Crippen LogP contribution in [-0.4, -0.2) is 60.9 Å². The summed E-state index contributed by atoms with van der Waals surface area (Å²) in [6.45, 7) is 6.55. The molecule has 0 rings (SSSR count). The van der Waals surface area contributed by atoms with E-state index in [1.54, 1.807) is 6.92 Å². The van der Waals surface area contributed by atoms with Gasteiger partial charge in [0, 0.05) is 0 Å². The zero-order chi connectivity index (χ0) is 24.5. The Hall–Kier alpha value is -1.49. The van der Waals surface area contributed by atoms with Crippen LogP contribution in [0.3, 0.4) is 0 Å². The summed E-state index contributed by atoms with van der Waals surface area (Å²) in [4.78, 5) is 21.0. The zero-order valence-electron chi connectivity index (χ0n) is 19.4. The summed E-state index contributed by atoms with van der Waals surface area (Å²) < 4.78 is 47.8. The number of carbonyl (C=O) groups is 2. The van der Waals surface area contributed by atoms with E-state index < -0.39 is 33.1 Å². The fourth-order valence-corrected chi connectivity index (χ4v) is 3.69. The molecule has 0 saturated heterocycles. The van der Waals surface area contributed by atoms with Gasteiger partial charge in [-0.2, -0.15) is 8.42 Å². The summed E-state index contributed by atoms with van der Waals surface area (Å²) in [6.07, 6.45) is 9.94. The van der Waals surface area contributed by atoms with Gasteiger partial charge in [-0.05, 0) is 12.8 Å². The van der Waals surface area contributed by atoms with Gasteiger partial charge in [0.1, 0.15) is 0 Å². The number of ether oxygens (including phenoxy) is 3. The number of hydrogen-bond donors (Lipinski definition) is 2. The van der Waals surface area contributed by atoms with Crippen molar-refractivity contribution in [3.63, 3.8) is 0 Å². The maximum atomic E-state index is 12.5. The molecule has 0 heterocycles. The number of hydrogen-bond acceptors (Lipinski definition) is 8. The molecule has 188 valence electrons. The van der Waals surface area contributed by atoms with Crippen LogP contribution in [0, 0.1) is 0 Å². The summed E-state index contributed by atoms with van der Waals surface area (Å²) in [5.41, 5.74) is 0. The standard InChI is InChI=1S/C22H40O9S/c1-4-7-8-9-10-11-12-13-14-15-18-30-20(23)19(29-16-5-2)22(25,32(26,27)28)21(24)31-17-6-3/h5,19,25H,2,4,6-18H2,1,3H3,(H,26,27,28). The molecule has 0 aromatic carbocycles. The van der Waals surface area contributed by atoms with E-state index in [0.717, 1.165) is 25.7 Å². The summed E-state index contributed by atoms with van der Waals surface area (Å²) in [5, 5.41) is 10.5. The van der Waals surface area contributed by atoms with Gasteiger partial charge in [0.2, 0.25) is 6.10 Å². The Bertz CT molecular complexity index is 648. The predicted octanol–water partition coefficient (Wildman–Crippen LogP) is 3.55. The first-order valence-electron chi connectivity index (χ1n) is 11.4. The Labute approximate surface area is 192 Å². The molecule has 2 unspecified atom stereocenters. The van der Waals surface area contributed by atoms with Gasteiger partial charge in [0.15, 0.2) is 0 Å². The van der Waals surface area contributed by atoms with E-state index in [1.807, 2.05) is 0 Å². The van der Waals surface area contributed by atoms with Gasteiger partial charge in [-0.1, -0.05) is 77.7 Å². The van der Waals surface area contributed by atoms with Gasteiger partial charge in [-0.3, -0.25) is 4.55 Å². The molecule has 0 spiro atoms. The highest BCUT2D eigenvalue weighted by atomic mass is 32.2. The lowest BCUT2D eigenvalue weighted by Crippen LogP contribution is -2.60. The lowest BCUT2D eigenvalue weighted by molar-refractivity contribution is -0.183. The summed E-state index contributed by atoms with van der Waals surface area (Å²) in [5.74, 6) is -3.01. The second kappa shape index (κ2) is 17.0. The van der Waals surface area contributed by atoms with E-state index in [9.17, 15) is 27.7 Å². The third-order valence-electron chi connectivity index (χ3n) is 4.82. The lowest BCUT2D eigenvalue weighted by Gasteiger charge is -2.29. The molecule has 0 radical (unpaired) electrons. The number of carbonyl (C=O) groups excluding carboxylic acids is 2. The summed E-state index contributed by atoms with van der Waals surface area (Å²) >= 11 is 0. The first-order valence-corrected chi connectivity index (χ1v) is 12.9. The minimum atomic E-state index is -5.50. The number of unbranched alkanes of at least 4 members (excludes halogenated alkanes) is 9. The van der Waals surface area contributed by atoms with Crippen LogP contribution >= 0.6 is 0 Å². The molecule has 32 heavy (non-hydrogen) atoms. The average Bonchev–Trinajstić information content (AvgIpc) is 2.74. The van der Waals surface area contributed by atoms with Gasteiger partial charge in [-0.25, -0.2) is 9.59 Å². The Balaban J connectivity index is 4.76. The molecular formula is C22H40O9S. The van der Waals surface area contributed by atoms with Crippen LogP contribution in [0.1, 0.15) is 84.5 Å². The van der Waals surface area contributed by atoms with E-state index in [-0.39, 0.29) is 19.8 Å². The molecule has 0 bridgehead atoms. The number of esters is 2. The van der Waals surface area contributed by atoms with Crippen LogP contribution in [0.4, 0.5) is 0 Å². The van der Waals surface area contributed by atoms with E-state index in [0.29, 0.717) is 12.8 Å². The van der Waals surface area contributed by atoms with Crippen LogP contribution < -0.4 is 0 Å².